The van der Waals surface area contributed by atoms with Crippen molar-refractivity contribution < 1.29 is 9.53 Å². The molecule has 1 aromatic rings. The van der Waals surface area contributed by atoms with E-state index < -0.39 is 0 Å². The van der Waals surface area contributed by atoms with Crippen LogP contribution in [0.3, 0.4) is 0 Å². The quantitative estimate of drug-likeness (QED) is 0.867. The summed E-state index contributed by atoms with van der Waals surface area (Å²) < 4.78 is 5.22. The molecule has 0 radical (unpaired) electrons. The van der Waals surface area contributed by atoms with E-state index in [1.54, 1.807) is 7.11 Å². The fourth-order valence-corrected chi connectivity index (χ4v) is 2.98. The smallest absolute Gasteiger partial charge is 0.223 e. The van der Waals surface area contributed by atoms with Gasteiger partial charge in [-0.25, -0.2) is 0 Å². The lowest BCUT2D eigenvalue weighted by Crippen LogP contribution is -2.36. The zero-order chi connectivity index (χ0) is 14.5. The summed E-state index contributed by atoms with van der Waals surface area (Å²) in [7, 11) is 1.65. The van der Waals surface area contributed by atoms with Gasteiger partial charge in [-0.15, -0.1) is 0 Å². The maximum atomic E-state index is 12.4. The average Bonchev–Trinajstić information content (AvgIpc) is 2.95. The molecular weight excluding hydrogens is 252 g/mol. The molecule has 110 valence electrons. The Bertz CT molecular complexity index is 462. The molecule has 0 saturated heterocycles. The molecule has 2 rings (SSSR count). The Kier molecular flexibility index (Phi) is 5.01. The second-order valence-corrected chi connectivity index (χ2v) is 5.54. The Hall–Kier alpha value is -1.55. The number of benzene rings is 1. The number of rotatable bonds is 5. The van der Waals surface area contributed by atoms with Gasteiger partial charge < -0.3 is 15.8 Å². The van der Waals surface area contributed by atoms with Gasteiger partial charge in [0, 0.05) is 5.92 Å². The number of nitrogens with one attached hydrogen (secondary N) is 1. The molecule has 1 amide bonds. The monoisotopic (exact) mass is 276 g/mol. The molecule has 3 N–H and O–H groups in total. The molecular formula is C16H24N2O2. The van der Waals surface area contributed by atoms with Crippen molar-refractivity contribution in [2.75, 3.05) is 13.7 Å². The highest BCUT2D eigenvalue weighted by Crippen LogP contribution is 2.31. The summed E-state index contributed by atoms with van der Waals surface area (Å²) in [6.45, 7) is 2.60. The minimum atomic E-state index is -0.0170. The van der Waals surface area contributed by atoms with Crippen LogP contribution in [-0.4, -0.2) is 19.6 Å². The van der Waals surface area contributed by atoms with E-state index in [0.29, 0.717) is 12.5 Å². The van der Waals surface area contributed by atoms with Crippen molar-refractivity contribution in [3.05, 3.63) is 29.8 Å². The lowest BCUT2D eigenvalue weighted by Gasteiger charge is -2.21. The highest BCUT2D eigenvalue weighted by Gasteiger charge is 2.32. The predicted octanol–water partition coefficient (Wildman–Crippen LogP) is 2.25. The summed E-state index contributed by atoms with van der Waals surface area (Å²) in [5, 5.41) is 3.10. The minimum Gasteiger partial charge on any atom is -0.497 e. The first-order valence-corrected chi connectivity index (χ1v) is 7.30. The number of amides is 1. The third-order valence-electron chi connectivity index (χ3n) is 4.25. The summed E-state index contributed by atoms with van der Waals surface area (Å²) >= 11 is 0. The Morgan fingerprint density at radius 3 is 3.00 bits per heavy atom. The molecule has 1 aromatic carbocycles. The minimum absolute atomic E-state index is 0.0170. The molecule has 1 aliphatic rings. The van der Waals surface area contributed by atoms with Crippen molar-refractivity contribution in [2.24, 2.45) is 17.6 Å². The van der Waals surface area contributed by atoms with Gasteiger partial charge in [0.05, 0.1) is 13.2 Å². The lowest BCUT2D eigenvalue weighted by molar-refractivity contribution is -0.126. The maximum absolute atomic E-state index is 12.4. The number of hydrogen-bond donors (Lipinski definition) is 2. The van der Waals surface area contributed by atoms with E-state index in [1.807, 2.05) is 31.2 Å². The van der Waals surface area contributed by atoms with Crippen molar-refractivity contribution in [2.45, 2.75) is 32.2 Å². The normalized spacial score (nSPS) is 23.4. The largest absolute Gasteiger partial charge is 0.497 e. The lowest BCUT2D eigenvalue weighted by atomic mass is 9.94. The van der Waals surface area contributed by atoms with Gasteiger partial charge in [-0.2, -0.15) is 0 Å². The van der Waals surface area contributed by atoms with Crippen molar-refractivity contribution in [1.29, 1.82) is 0 Å². The molecule has 2 unspecified atom stereocenters. The topological polar surface area (TPSA) is 64.3 Å². The second-order valence-electron chi connectivity index (χ2n) is 5.54. The van der Waals surface area contributed by atoms with Crippen LogP contribution in [0.15, 0.2) is 24.3 Å². The molecule has 0 heterocycles. The molecule has 0 spiro atoms. The van der Waals surface area contributed by atoms with E-state index in [0.717, 1.165) is 30.6 Å². The van der Waals surface area contributed by atoms with Crippen molar-refractivity contribution in [3.8, 4) is 5.75 Å². The molecule has 0 bridgehead atoms. The van der Waals surface area contributed by atoms with Crippen molar-refractivity contribution >= 4 is 5.91 Å². The molecule has 1 fully saturated rings. The zero-order valence-electron chi connectivity index (χ0n) is 12.3. The average molecular weight is 276 g/mol. The van der Waals surface area contributed by atoms with Crippen LogP contribution < -0.4 is 15.8 Å². The van der Waals surface area contributed by atoms with E-state index in [2.05, 4.69) is 5.32 Å². The number of methoxy groups -OCH3 is 1. The molecule has 0 aromatic heterocycles. The second kappa shape index (κ2) is 6.75. The number of ether oxygens (including phenoxy) is 1. The maximum Gasteiger partial charge on any atom is 0.223 e. The first-order valence-electron chi connectivity index (χ1n) is 7.30. The van der Waals surface area contributed by atoms with Gasteiger partial charge in [-0.05, 0) is 49.9 Å². The highest BCUT2D eigenvalue weighted by molar-refractivity contribution is 5.79. The number of hydrogen-bond acceptors (Lipinski definition) is 3. The van der Waals surface area contributed by atoms with E-state index >= 15 is 0 Å². The highest BCUT2D eigenvalue weighted by atomic mass is 16.5. The van der Waals surface area contributed by atoms with Gasteiger partial charge in [0.2, 0.25) is 5.91 Å². The van der Waals surface area contributed by atoms with Crippen LogP contribution in [-0.2, 0) is 4.79 Å². The standard InChI is InChI=1S/C16H24N2O2/c1-11(12-5-3-7-14(9-12)20-2)18-16(19)15-8-4-6-13(15)10-17/h3,5,7,9,11,13,15H,4,6,8,10,17H2,1-2H3,(H,18,19)/t11-,13?,15?/m1/s1. The van der Waals surface area contributed by atoms with Crippen LogP contribution in [0.5, 0.6) is 5.75 Å². The van der Waals surface area contributed by atoms with Crippen LogP contribution in [0.25, 0.3) is 0 Å². The molecule has 3 atom stereocenters. The summed E-state index contributed by atoms with van der Waals surface area (Å²) in [6, 6.07) is 7.79. The Balaban J connectivity index is 1.99. The Morgan fingerprint density at radius 2 is 2.30 bits per heavy atom. The van der Waals surface area contributed by atoms with Gasteiger partial charge >= 0.3 is 0 Å². The Morgan fingerprint density at radius 1 is 1.50 bits per heavy atom. The summed E-state index contributed by atoms with van der Waals surface area (Å²) in [5.74, 6) is 1.36. The molecule has 1 aliphatic carbocycles. The summed E-state index contributed by atoms with van der Waals surface area (Å²) in [5.41, 5.74) is 6.80. The van der Waals surface area contributed by atoms with Gasteiger partial charge in [-0.3, -0.25) is 4.79 Å². The van der Waals surface area contributed by atoms with Gasteiger partial charge in [0.1, 0.15) is 5.75 Å². The fraction of sp³-hybridized carbons (Fsp3) is 0.562. The number of carbonyl (C=O) groups excluding carboxylic acids is 1. The van der Waals surface area contributed by atoms with Crippen LogP contribution in [0.1, 0.15) is 37.8 Å². The molecule has 0 aliphatic heterocycles. The van der Waals surface area contributed by atoms with E-state index in [9.17, 15) is 4.79 Å². The third kappa shape index (κ3) is 3.31. The van der Waals surface area contributed by atoms with E-state index in [4.69, 9.17) is 10.5 Å². The Labute approximate surface area is 120 Å². The van der Waals surface area contributed by atoms with Gasteiger partial charge in [-0.1, -0.05) is 18.6 Å². The molecule has 1 saturated carbocycles. The number of carbonyl (C=O) groups is 1. The fourth-order valence-electron chi connectivity index (χ4n) is 2.98. The van der Waals surface area contributed by atoms with E-state index in [-0.39, 0.29) is 17.9 Å². The van der Waals surface area contributed by atoms with Crippen LogP contribution in [0, 0.1) is 11.8 Å². The van der Waals surface area contributed by atoms with Crippen molar-refractivity contribution in [3.63, 3.8) is 0 Å². The molecule has 20 heavy (non-hydrogen) atoms. The summed E-state index contributed by atoms with van der Waals surface area (Å²) in [4.78, 5) is 12.4. The van der Waals surface area contributed by atoms with Gasteiger partial charge in [0.15, 0.2) is 0 Å². The number of nitrogens with two attached hydrogens (primary N) is 1. The van der Waals surface area contributed by atoms with Crippen molar-refractivity contribution in [1.82, 2.24) is 5.32 Å². The molecule has 4 heteroatoms. The van der Waals surface area contributed by atoms with Crippen LogP contribution in [0.2, 0.25) is 0 Å². The van der Waals surface area contributed by atoms with Crippen LogP contribution in [0.4, 0.5) is 0 Å². The van der Waals surface area contributed by atoms with Gasteiger partial charge in [0.25, 0.3) is 0 Å². The first-order chi connectivity index (χ1) is 9.65. The zero-order valence-corrected chi connectivity index (χ0v) is 12.3. The first kappa shape index (κ1) is 14.9. The predicted molar refractivity (Wildman–Crippen MR) is 79.4 cm³/mol. The third-order valence-corrected chi connectivity index (χ3v) is 4.25. The van der Waals surface area contributed by atoms with Crippen LogP contribution >= 0.6 is 0 Å². The summed E-state index contributed by atoms with van der Waals surface area (Å²) in [6.07, 6.45) is 3.13. The SMILES string of the molecule is COc1cccc([C@@H](C)NC(=O)C2CCCC2CN)c1. The van der Waals surface area contributed by atoms with E-state index in [1.165, 1.54) is 0 Å². The molecule has 4 nitrogen and oxygen atoms in total.